The second-order valence-electron chi connectivity index (χ2n) is 4.52. The Morgan fingerprint density at radius 2 is 1.95 bits per heavy atom. The van der Waals surface area contributed by atoms with E-state index in [1.807, 2.05) is 19.9 Å². The fourth-order valence-electron chi connectivity index (χ4n) is 2.08. The second-order valence-corrected chi connectivity index (χ2v) is 4.52. The first-order chi connectivity index (χ1) is 10.4. The largest absolute Gasteiger partial charge is 0.504 e. The van der Waals surface area contributed by atoms with Gasteiger partial charge in [-0.25, -0.2) is 0 Å². The van der Waals surface area contributed by atoms with Gasteiger partial charge >= 0.3 is 0 Å². The number of benzene rings is 1. The van der Waals surface area contributed by atoms with E-state index in [4.69, 9.17) is 5.73 Å². The molecule has 0 saturated carbocycles. The Labute approximate surface area is 129 Å². The molecule has 1 rings (SSSR count). The van der Waals surface area contributed by atoms with Crippen molar-refractivity contribution in [2.45, 2.75) is 13.8 Å². The fraction of sp³-hybridized carbons (Fsp3) is 0.333. The topological polar surface area (TPSA) is 123 Å². The minimum atomic E-state index is -0.437. The standard InChI is InChI=1S/C15H20N4O3/c1-4-19(5-2)15(22)10(8-16)13(18-3)9-6-11(17)14(21)12(20)7-9/h6-7,18,20-21H,4-5,17H2,1-3H3/b13-10-. The molecule has 0 radical (unpaired) electrons. The minimum Gasteiger partial charge on any atom is -0.504 e. The molecular formula is C15H20N4O3. The SMILES string of the molecule is CCN(CC)C(=O)/C(C#N)=C(\NC)c1cc(N)c(O)c(O)c1. The van der Waals surface area contributed by atoms with Crippen molar-refractivity contribution in [2.75, 3.05) is 25.9 Å². The Morgan fingerprint density at radius 3 is 2.36 bits per heavy atom. The zero-order chi connectivity index (χ0) is 16.9. The van der Waals surface area contributed by atoms with Gasteiger partial charge in [0, 0.05) is 25.7 Å². The van der Waals surface area contributed by atoms with Crippen LogP contribution in [0.25, 0.3) is 5.70 Å². The van der Waals surface area contributed by atoms with Crippen molar-refractivity contribution in [3.05, 3.63) is 23.3 Å². The lowest BCUT2D eigenvalue weighted by Crippen LogP contribution is -2.32. The smallest absolute Gasteiger partial charge is 0.266 e. The Bertz CT molecular complexity index is 620. The molecule has 0 aliphatic carbocycles. The van der Waals surface area contributed by atoms with Gasteiger partial charge in [-0.2, -0.15) is 5.26 Å². The van der Waals surface area contributed by atoms with E-state index in [9.17, 15) is 20.3 Å². The molecule has 7 nitrogen and oxygen atoms in total. The van der Waals surface area contributed by atoms with Gasteiger partial charge in [0.05, 0.1) is 11.4 Å². The maximum absolute atomic E-state index is 12.4. The number of phenols is 2. The summed E-state index contributed by atoms with van der Waals surface area (Å²) in [7, 11) is 1.56. The normalized spacial score (nSPS) is 11.4. The lowest BCUT2D eigenvalue weighted by Gasteiger charge is -2.20. The third-order valence-electron chi connectivity index (χ3n) is 3.28. The fourth-order valence-corrected chi connectivity index (χ4v) is 2.08. The molecule has 0 heterocycles. The molecular weight excluding hydrogens is 284 g/mol. The predicted molar refractivity (Wildman–Crippen MR) is 83.7 cm³/mol. The van der Waals surface area contributed by atoms with Crippen molar-refractivity contribution in [3.63, 3.8) is 0 Å². The van der Waals surface area contributed by atoms with E-state index in [2.05, 4.69) is 5.32 Å². The van der Waals surface area contributed by atoms with E-state index in [-0.39, 0.29) is 17.0 Å². The van der Waals surface area contributed by atoms with Crippen molar-refractivity contribution >= 4 is 17.3 Å². The maximum atomic E-state index is 12.4. The van der Waals surface area contributed by atoms with Crippen molar-refractivity contribution in [3.8, 4) is 17.6 Å². The summed E-state index contributed by atoms with van der Waals surface area (Å²) >= 11 is 0. The second kappa shape index (κ2) is 7.22. The number of carbonyl (C=O) groups is 1. The van der Waals surface area contributed by atoms with Crippen molar-refractivity contribution in [1.82, 2.24) is 10.2 Å². The molecule has 0 atom stereocenters. The van der Waals surface area contributed by atoms with Crippen LogP contribution in [-0.4, -0.2) is 41.2 Å². The van der Waals surface area contributed by atoms with Gasteiger partial charge in [-0.3, -0.25) is 4.79 Å². The number of phenolic OH excluding ortho intramolecular Hbond substituents is 2. The highest BCUT2D eigenvalue weighted by Gasteiger charge is 2.21. The summed E-state index contributed by atoms with van der Waals surface area (Å²) < 4.78 is 0. The number of nitrogens with one attached hydrogen (secondary N) is 1. The Kier molecular flexibility index (Phi) is 5.64. The molecule has 0 spiro atoms. The Morgan fingerprint density at radius 1 is 1.36 bits per heavy atom. The molecule has 0 aliphatic heterocycles. The van der Waals surface area contributed by atoms with Crippen LogP contribution >= 0.6 is 0 Å². The van der Waals surface area contributed by atoms with Crippen LogP contribution in [0.4, 0.5) is 5.69 Å². The number of rotatable bonds is 5. The van der Waals surface area contributed by atoms with Gasteiger partial charge < -0.3 is 26.2 Å². The van der Waals surface area contributed by atoms with Gasteiger partial charge in [0.2, 0.25) is 0 Å². The van der Waals surface area contributed by atoms with Crippen LogP contribution in [0.3, 0.4) is 0 Å². The number of nitrogen functional groups attached to an aromatic ring is 1. The first-order valence-electron chi connectivity index (χ1n) is 6.84. The van der Waals surface area contributed by atoms with Crippen molar-refractivity contribution in [2.24, 2.45) is 0 Å². The molecule has 5 N–H and O–H groups in total. The number of nitrogens with zero attached hydrogens (tertiary/aromatic N) is 2. The van der Waals surface area contributed by atoms with Crippen LogP contribution in [0.5, 0.6) is 11.5 Å². The lowest BCUT2D eigenvalue weighted by atomic mass is 10.0. The van der Waals surface area contributed by atoms with Crippen molar-refractivity contribution in [1.29, 1.82) is 5.26 Å². The van der Waals surface area contributed by atoms with Crippen LogP contribution < -0.4 is 11.1 Å². The summed E-state index contributed by atoms with van der Waals surface area (Å²) in [5.41, 5.74) is 6.05. The maximum Gasteiger partial charge on any atom is 0.266 e. The third-order valence-corrected chi connectivity index (χ3v) is 3.28. The van der Waals surface area contributed by atoms with Crippen LogP contribution in [0.2, 0.25) is 0 Å². The highest BCUT2D eigenvalue weighted by Crippen LogP contribution is 2.34. The Hall–Kier alpha value is -2.88. The first kappa shape index (κ1) is 17.2. The number of hydrogen-bond acceptors (Lipinski definition) is 6. The molecule has 22 heavy (non-hydrogen) atoms. The first-order valence-corrected chi connectivity index (χ1v) is 6.84. The van der Waals surface area contributed by atoms with Gasteiger partial charge in [-0.1, -0.05) is 0 Å². The number of hydrogen-bond donors (Lipinski definition) is 4. The zero-order valence-corrected chi connectivity index (χ0v) is 12.8. The highest BCUT2D eigenvalue weighted by atomic mass is 16.3. The Balaban J connectivity index is 3.49. The van der Waals surface area contributed by atoms with Crippen LogP contribution in [0.1, 0.15) is 19.4 Å². The molecule has 0 aliphatic rings. The van der Waals surface area contributed by atoms with E-state index >= 15 is 0 Å². The quantitative estimate of drug-likeness (QED) is 0.278. The molecule has 0 aromatic heterocycles. The van der Waals surface area contributed by atoms with E-state index in [1.165, 1.54) is 17.0 Å². The highest BCUT2D eigenvalue weighted by molar-refractivity contribution is 6.04. The number of amides is 1. The molecule has 0 fully saturated rings. The number of likely N-dealkylation sites (N-methyl/N-ethyl adjacent to an activating group) is 1. The predicted octanol–water partition coefficient (Wildman–Crippen LogP) is 1.00. The molecule has 118 valence electrons. The molecule has 0 bridgehead atoms. The molecule has 7 heteroatoms. The number of aromatic hydroxyl groups is 2. The van der Waals surface area contributed by atoms with Crippen LogP contribution in [-0.2, 0) is 4.79 Å². The van der Waals surface area contributed by atoms with Gasteiger partial charge in [-0.15, -0.1) is 0 Å². The van der Waals surface area contributed by atoms with Gasteiger partial charge in [0.15, 0.2) is 11.5 Å². The monoisotopic (exact) mass is 304 g/mol. The molecule has 1 aromatic rings. The van der Waals surface area contributed by atoms with Crippen LogP contribution in [0, 0.1) is 11.3 Å². The number of nitrogens with two attached hydrogens (primary N) is 1. The summed E-state index contributed by atoms with van der Waals surface area (Å²) in [6.45, 7) is 4.58. The van der Waals surface area contributed by atoms with Crippen LogP contribution in [0.15, 0.2) is 17.7 Å². The average molecular weight is 304 g/mol. The van der Waals surface area contributed by atoms with Crippen molar-refractivity contribution < 1.29 is 15.0 Å². The van der Waals surface area contributed by atoms with Gasteiger partial charge in [0.1, 0.15) is 11.6 Å². The van der Waals surface area contributed by atoms with Gasteiger partial charge in [-0.05, 0) is 26.0 Å². The number of anilines is 1. The minimum absolute atomic E-state index is 0.0460. The molecule has 0 saturated heterocycles. The van der Waals surface area contributed by atoms with E-state index in [0.717, 1.165) is 0 Å². The van der Waals surface area contributed by atoms with E-state index in [0.29, 0.717) is 18.7 Å². The summed E-state index contributed by atoms with van der Waals surface area (Å²) in [4.78, 5) is 13.9. The zero-order valence-electron chi connectivity index (χ0n) is 12.8. The summed E-state index contributed by atoms with van der Waals surface area (Å²) in [6.07, 6.45) is 0. The van der Waals surface area contributed by atoms with E-state index in [1.54, 1.807) is 7.05 Å². The summed E-state index contributed by atoms with van der Waals surface area (Å²) in [5.74, 6) is -1.27. The third kappa shape index (κ3) is 3.23. The number of carbonyl (C=O) groups excluding carboxylic acids is 1. The molecule has 1 aromatic carbocycles. The lowest BCUT2D eigenvalue weighted by molar-refractivity contribution is -0.126. The van der Waals surface area contributed by atoms with E-state index < -0.39 is 17.4 Å². The summed E-state index contributed by atoms with van der Waals surface area (Å²) in [5, 5.41) is 31.3. The number of nitriles is 1. The van der Waals surface area contributed by atoms with Gasteiger partial charge in [0.25, 0.3) is 5.91 Å². The summed E-state index contributed by atoms with van der Waals surface area (Å²) in [6, 6.07) is 4.52. The molecule has 0 unspecified atom stereocenters. The average Bonchev–Trinajstić information content (AvgIpc) is 2.50. The molecule has 1 amide bonds.